The number of carbonyl (C=O) groups is 2. The molecule has 0 radical (unpaired) electrons. The first-order chi connectivity index (χ1) is 38.8. The van der Waals surface area contributed by atoms with Gasteiger partial charge in [-0.3, -0.25) is 0 Å². The molecule has 0 saturated carbocycles. The SMILES string of the molecule is CCCCCCOc1cc2c3cc(OCCCCCC)c(OCCCCCC)cc3c3cc(OCCCCCCCCCCOc4cc(C(=O)OC)cc(C(=O)OC)c4)c(OCCCCCC)cc3c2cc1OCCCCCC. The molecule has 5 rings (SSSR count). The maximum absolute atomic E-state index is 12.2. The normalized spacial score (nSPS) is 11.3. The maximum Gasteiger partial charge on any atom is 0.338 e. The minimum absolute atomic E-state index is 0.249. The first-order valence-electron chi connectivity index (χ1n) is 31.1. The predicted octanol–water partition coefficient (Wildman–Crippen LogP) is 19.1. The highest BCUT2D eigenvalue weighted by Gasteiger charge is 2.21. The molecule has 79 heavy (non-hydrogen) atoms. The Morgan fingerprint density at radius 1 is 0.266 bits per heavy atom. The van der Waals surface area contributed by atoms with Crippen LogP contribution in [0.2, 0.25) is 0 Å². The van der Waals surface area contributed by atoms with E-state index in [1.807, 2.05) is 0 Å². The van der Waals surface area contributed by atoms with Crippen LogP contribution in [0.5, 0.6) is 40.2 Å². The van der Waals surface area contributed by atoms with Crippen molar-refractivity contribution in [2.75, 3.05) is 60.5 Å². The van der Waals surface area contributed by atoms with Crippen LogP contribution in [0.15, 0.2) is 54.6 Å². The van der Waals surface area contributed by atoms with Gasteiger partial charge in [0, 0.05) is 0 Å². The van der Waals surface area contributed by atoms with Gasteiger partial charge in [0.15, 0.2) is 34.5 Å². The standard InChI is InChI=1S/C68H100O11/c1-8-13-18-29-37-74-61-46-55-56-47-62(75-38-30-19-14-9-2)64(77-40-32-21-16-11-4)49-58(56)60-51-66(65(78-41-33-22-17-12-5)50-59(60)57(55)48-63(61)76-39-31-20-15-10-3)79-42-35-28-26-24-23-25-27-34-36-73-54-44-52(67(69)71-6)43-53(45-54)68(70)72-7/h43-51H,8-42H2,1-7H3. The van der Waals surface area contributed by atoms with Crippen molar-refractivity contribution < 1.29 is 52.2 Å². The van der Waals surface area contributed by atoms with E-state index in [-0.39, 0.29) is 11.1 Å². The summed E-state index contributed by atoms with van der Waals surface area (Å²) in [4.78, 5) is 24.4. The van der Waals surface area contributed by atoms with Gasteiger partial charge in [-0.25, -0.2) is 9.59 Å². The van der Waals surface area contributed by atoms with Gasteiger partial charge in [-0.05, 0) is 132 Å². The van der Waals surface area contributed by atoms with Crippen molar-refractivity contribution in [1.29, 1.82) is 0 Å². The molecule has 0 N–H and O–H groups in total. The Bertz CT molecular complexity index is 2450. The molecule has 0 aliphatic carbocycles. The van der Waals surface area contributed by atoms with Gasteiger partial charge >= 0.3 is 11.9 Å². The highest BCUT2D eigenvalue weighted by molar-refractivity contribution is 6.27. The number of carbonyl (C=O) groups excluding carboxylic acids is 2. The molecule has 0 fully saturated rings. The van der Waals surface area contributed by atoms with Crippen molar-refractivity contribution >= 4 is 44.3 Å². The van der Waals surface area contributed by atoms with E-state index in [4.69, 9.17) is 42.6 Å². The fourth-order valence-electron chi connectivity index (χ4n) is 10.0. The number of benzene rings is 5. The van der Waals surface area contributed by atoms with E-state index in [0.717, 1.165) is 182 Å². The van der Waals surface area contributed by atoms with E-state index in [1.54, 1.807) is 12.1 Å². The fraction of sp³-hybridized carbons (Fsp3) is 0.618. The fourth-order valence-corrected chi connectivity index (χ4v) is 10.0. The topological polar surface area (TPSA) is 117 Å². The smallest absolute Gasteiger partial charge is 0.338 e. The maximum atomic E-state index is 12.2. The summed E-state index contributed by atoms with van der Waals surface area (Å²) < 4.78 is 56.0. The van der Waals surface area contributed by atoms with Crippen LogP contribution in [0.3, 0.4) is 0 Å². The lowest BCUT2D eigenvalue weighted by atomic mass is 9.93. The van der Waals surface area contributed by atoms with E-state index in [9.17, 15) is 9.59 Å². The van der Waals surface area contributed by atoms with Gasteiger partial charge in [0.25, 0.3) is 0 Å². The highest BCUT2D eigenvalue weighted by Crippen LogP contribution is 2.47. The van der Waals surface area contributed by atoms with Crippen molar-refractivity contribution in [3.05, 3.63) is 65.7 Å². The molecule has 0 saturated heterocycles. The Morgan fingerprint density at radius 2 is 0.468 bits per heavy atom. The summed E-state index contributed by atoms with van der Waals surface area (Å²) >= 11 is 0. The minimum Gasteiger partial charge on any atom is -0.494 e. The molecule has 0 heterocycles. The van der Waals surface area contributed by atoms with Crippen LogP contribution in [-0.2, 0) is 9.47 Å². The Balaban J connectivity index is 1.41. The van der Waals surface area contributed by atoms with Gasteiger partial charge < -0.3 is 42.6 Å². The third kappa shape index (κ3) is 21.8. The molecule has 0 unspecified atom stereocenters. The van der Waals surface area contributed by atoms with Gasteiger partial charge in [-0.15, -0.1) is 0 Å². The van der Waals surface area contributed by atoms with Crippen LogP contribution in [0.4, 0.5) is 0 Å². The van der Waals surface area contributed by atoms with Crippen LogP contribution < -0.4 is 33.2 Å². The van der Waals surface area contributed by atoms with Crippen LogP contribution in [0.25, 0.3) is 32.3 Å². The number of hydrogen-bond donors (Lipinski definition) is 0. The Hall–Kier alpha value is -5.58. The van der Waals surface area contributed by atoms with Crippen LogP contribution in [0, 0.1) is 0 Å². The van der Waals surface area contributed by atoms with Gasteiger partial charge in [0.05, 0.1) is 71.6 Å². The van der Waals surface area contributed by atoms with Gasteiger partial charge in [-0.1, -0.05) is 169 Å². The Labute approximate surface area is 475 Å². The second-order valence-electron chi connectivity index (χ2n) is 21.3. The van der Waals surface area contributed by atoms with E-state index < -0.39 is 11.9 Å². The van der Waals surface area contributed by atoms with Gasteiger partial charge in [0.1, 0.15) is 5.75 Å². The summed E-state index contributed by atoms with van der Waals surface area (Å²) in [7, 11) is 2.62. The highest BCUT2D eigenvalue weighted by atomic mass is 16.5. The lowest BCUT2D eigenvalue weighted by Gasteiger charge is -2.21. The second kappa shape index (κ2) is 38.1. The summed E-state index contributed by atoms with van der Waals surface area (Å²) in [6, 6.07) is 18.0. The Kier molecular flexibility index (Phi) is 31.0. The third-order valence-corrected chi connectivity index (χ3v) is 14.7. The van der Waals surface area contributed by atoms with E-state index >= 15 is 0 Å². The zero-order valence-corrected chi connectivity index (χ0v) is 49.9. The number of fused-ring (bicyclic) bond motifs is 6. The minimum atomic E-state index is -0.535. The van der Waals surface area contributed by atoms with Crippen LogP contribution in [0.1, 0.15) is 235 Å². The van der Waals surface area contributed by atoms with Crippen LogP contribution >= 0.6 is 0 Å². The molecule has 0 spiro atoms. The Morgan fingerprint density at radius 3 is 0.684 bits per heavy atom. The van der Waals surface area contributed by atoms with Crippen molar-refractivity contribution in [3.63, 3.8) is 0 Å². The van der Waals surface area contributed by atoms with Crippen molar-refractivity contribution in [1.82, 2.24) is 0 Å². The number of rotatable bonds is 45. The summed E-state index contributed by atoms with van der Waals surface area (Å²) in [5, 5.41) is 6.50. The molecule has 0 aromatic heterocycles. The number of esters is 2. The van der Waals surface area contributed by atoms with E-state index in [1.165, 1.54) is 84.5 Å². The summed E-state index contributed by atoms with van der Waals surface area (Å²) in [6.45, 7) is 15.5. The summed E-state index contributed by atoms with van der Waals surface area (Å²) in [6.07, 6.45) is 30.9. The molecule has 5 aromatic carbocycles. The lowest BCUT2D eigenvalue weighted by molar-refractivity contribution is 0.0598. The third-order valence-electron chi connectivity index (χ3n) is 14.7. The molecular formula is C68H100O11. The molecular weight excluding hydrogens is 993 g/mol. The average Bonchev–Trinajstić information content (AvgIpc) is 3.53. The molecule has 0 amide bonds. The quantitative estimate of drug-likeness (QED) is 0.0211. The summed E-state index contributed by atoms with van der Waals surface area (Å²) in [5.41, 5.74) is 0.497. The number of hydrogen-bond acceptors (Lipinski definition) is 11. The predicted molar refractivity (Wildman–Crippen MR) is 324 cm³/mol. The van der Waals surface area contributed by atoms with Gasteiger partial charge in [-0.2, -0.15) is 0 Å². The number of ether oxygens (including phenoxy) is 9. The average molecular weight is 1090 g/mol. The summed E-state index contributed by atoms with van der Waals surface area (Å²) in [5.74, 6) is 4.05. The molecule has 11 nitrogen and oxygen atoms in total. The molecule has 0 aliphatic heterocycles. The van der Waals surface area contributed by atoms with E-state index in [0.29, 0.717) is 52.0 Å². The zero-order chi connectivity index (χ0) is 56.3. The molecule has 5 aromatic rings. The van der Waals surface area contributed by atoms with Crippen molar-refractivity contribution in [2.24, 2.45) is 0 Å². The molecule has 0 aliphatic rings. The first-order valence-corrected chi connectivity index (χ1v) is 31.1. The molecule has 0 atom stereocenters. The van der Waals surface area contributed by atoms with Crippen molar-refractivity contribution in [2.45, 2.75) is 214 Å². The molecule has 11 heteroatoms. The van der Waals surface area contributed by atoms with E-state index in [2.05, 4.69) is 71.0 Å². The van der Waals surface area contributed by atoms with Crippen molar-refractivity contribution in [3.8, 4) is 40.2 Å². The monoisotopic (exact) mass is 1090 g/mol. The lowest BCUT2D eigenvalue weighted by Crippen LogP contribution is -2.08. The zero-order valence-electron chi connectivity index (χ0n) is 49.9. The second-order valence-corrected chi connectivity index (χ2v) is 21.3. The molecule has 438 valence electrons. The number of methoxy groups -OCH3 is 2. The van der Waals surface area contributed by atoms with Crippen LogP contribution in [-0.4, -0.2) is 72.4 Å². The number of unbranched alkanes of at least 4 members (excludes halogenated alkanes) is 22. The largest absolute Gasteiger partial charge is 0.494 e. The molecule has 0 bridgehead atoms. The first kappa shape index (κ1) is 64.2. The van der Waals surface area contributed by atoms with Gasteiger partial charge in [0.2, 0.25) is 0 Å².